The predicted octanol–water partition coefficient (Wildman–Crippen LogP) is 5.99. The molecule has 1 aliphatic rings. The molecule has 0 unspecified atom stereocenters. The van der Waals surface area contributed by atoms with Gasteiger partial charge in [0.25, 0.3) is 0 Å². The van der Waals surface area contributed by atoms with Crippen LogP contribution in [0, 0.1) is 0 Å². The second-order valence-corrected chi connectivity index (χ2v) is 11.6. The Morgan fingerprint density at radius 3 is 2.55 bits per heavy atom. The van der Waals surface area contributed by atoms with E-state index < -0.39 is 15.1 Å². The fraction of sp³-hybridized carbons (Fsp3) is 0.407. The Bertz CT molecular complexity index is 1170. The zero-order valence-corrected chi connectivity index (χ0v) is 20.6. The van der Waals surface area contributed by atoms with Gasteiger partial charge in [0.1, 0.15) is 5.75 Å². The van der Waals surface area contributed by atoms with Crippen molar-refractivity contribution in [1.82, 2.24) is 9.88 Å². The second-order valence-electron chi connectivity index (χ2n) is 9.10. The number of sulfone groups is 1. The molecule has 5 nitrogen and oxygen atoms in total. The van der Waals surface area contributed by atoms with E-state index in [4.69, 9.17) is 4.74 Å². The van der Waals surface area contributed by atoms with Crippen LogP contribution in [0.25, 0.3) is 11.3 Å². The molecule has 6 heteroatoms. The third-order valence-electron chi connectivity index (χ3n) is 6.58. The number of hydrogen-bond donors (Lipinski definition) is 1. The van der Waals surface area contributed by atoms with Crippen molar-refractivity contribution in [1.29, 1.82) is 0 Å². The zero-order chi connectivity index (χ0) is 23.4. The molecule has 33 heavy (non-hydrogen) atoms. The van der Waals surface area contributed by atoms with Crippen molar-refractivity contribution >= 4 is 9.84 Å². The largest absolute Gasteiger partial charge is 0.496 e. The number of ether oxygens (including phenoxy) is 1. The first kappa shape index (κ1) is 23.6. The van der Waals surface area contributed by atoms with Crippen LogP contribution in [-0.4, -0.2) is 37.2 Å². The Labute approximate surface area is 197 Å². The molecule has 1 aliphatic heterocycles. The van der Waals surface area contributed by atoms with Crippen LogP contribution in [-0.2, 0) is 16.4 Å². The van der Waals surface area contributed by atoms with E-state index in [0.29, 0.717) is 16.7 Å². The number of aromatic nitrogens is 1. The molecule has 0 spiro atoms. The molecule has 2 heterocycles. The lowest BCUT2D eigenvalue weighted by atomic mass is 10.0. The second kappa shape index (κ2) is 10.1. The Morgan fingerprint density at radius 1 is 1.03 bits per heavy atom. The maximum atomic E-state index is 12.7. The van der Waals surface area contributed by atoms with Crippen molar-refractivity contribution < 1.29 is 13.2 Å². The molecule has 1 atom stereocenters. The lowest BCUT2D eigenvalue weighted by molar-refractivity contribution is 0.190. The van der Waals surface area contributed by atoms with E-state index in [0.717, 1.165) is 30.0 Å². The number of likely N-dealkylation sites (tertiary alicyclic amines) is 1. The lowest BCUT2D eigenvalue weighted by Crippen LogP contribution is -2.28. The number of nitrogens with one attached hydrogen (secondary N) is 1. The Balaban J connectivity index is 1.62. The van der Waals surface area contributed by atoms with Crippen LogP contribution in [0.15, 0.2) is 65.6 Å². The van der Waals surface area contributed by atoms with Crippen LogP contribution in [0.5, 0.6) is 5.75 Å². The maximum absolute atomic E-state index is 12.7. The molecule has 1 aromatic heterocycles. The summed E-state index contributed by atoms with van der Waals surface area (Å²) in [5.41, 5.74) is 4.13. The molecule has 0 amide bonds. The van der Waals surface area contributed by atoms with Gasteiger partial charge in [0, 0.05) is 29.5 Å². The van der Waals surface area contributed by atoms with E-state index >= 15 is 0 Å². The van der Waals surface area contributed by atoms with Crippen LogP contribution in [0.4, 0.5) is 0 Å². The average molecular weight is 467 g/mol. The molecule has 3 aromatic rings. The summed E-state index contributed by atoms with van der Waals surface area (Å²) >= 11 is 0. The van der Waals surface area contributed by atoms with Gasteiger partial charge in [-0.15, -0.1) is 0 Å². The first-order valence-corrected chi connectivity index (χ1v) is 13.3. The predicted molar refractivity (Wildman–Crippen MR) is 133 cm³/mol. The summed E-state index contributed by atoms with van der Waals surface area (Å²) in [6.45, 7) is 5.30. The summed E-state index contributed by atoms with van der Waals surface area (Å²) < 4.78 is 31.0. The summed E-state index contributed by atoms with van der Waals surface area (Å²) in [4.78, 5) is 6.42. The topological polar surface area (TPSA) is 62.4 Å². The van der Waals surface area contributed by atoms with Crippen molar-refractivity contribution in [2.24, 2.45) is 0 Å². The zero-order valence-electron chi connectivity index (χ0n) is 19.8. The SMILES string of the molecule is COc1ccc(S(=O)(=O)C(C)C)cc1-c1ccc(CN2CCCCC[C@@H]2c2ccccc2)[nH]1. The number of benzene rings is 2. The van der Waals surface area contributed by atoms with Gasteiger partial charge in [-0.1, -0.05) is 43.2 Å². The summed E-state index contributed by atoms with van der Waals surface area (Å²) in [6, 6.07) is 20.4. The van der Waals surface area contributed by atoms with Gasteiger partial charge in [0.2, 0.25) is 0 Å². The highest BCUT2D eigenvalue weighted by Crippen LogP contribution is 2.34. The highest BCUT2D eigenvalue weighted by Gasteiger charge is 2.24. The van der Waals surface area contributed by atoms with E-state index in [-0.39, 0.29) is 0 Å². The third kappa shape index (κ3) is 5.17. The molecule has 1 N–H and O–H groups in total. The number of nitrogens with zero attached hydrogens (tertiary/aromatic N) is 1. The van der Waals surface area contributed by atoms with Gasteiger partial charge >= 0.3 is 0 Å². The fourth-order valence-corrected chi connectivity index (χ4v) is 5.75. The van der Waals surface area contributed by atoms with Gasteiger partial charge in [-0.2, -0.15) is 0 Å². The van der Waals surface area contributed by atoms with Crippen LogP contribution in [0.1, 0.15) is 56.8 Å². The maximum Gasteiger partial charge on any atom is 0.180 e. The number of aromatic amines is 1. The fourth-order valence-electron chi connectivity index (χ4n) is 4.66. The summed E-state index contributed by atoms with van der Waals surface area (Å²) in [6.07, 6.45) is 4.89. The molecule has 4 rings (SSSR count). The Hall–Kier alpha value is -2.57. The molecule has 1 fully saturated rings. The quantitative estimate of drug-likeness (QED) is 0.465. The van der Waals surface area contributed by atoms with Gasteiger partial charge < -0.3 is 9.72 Å². The summed E-state index contributed by atoms with van der Waals surface area (Å²) in [5, 5.41) is -0.476. The molecule has 2 aromatic carbocycles. The van der Waals surface area contributed by atoms with Crippen molar-refractivity contribution in [2.75, 3.05) is 13.7 Å². The highest BCUT2D eigenvalue weighted by atomic mass is 32.2. The molecular formula is C27H34N2O3S. The number of rotatable bonds is 7. The molecule has 1 saturated heterocycles. The van der Waals surface area contributed by atoms with Crippen LogP contribution in [0.3, 0.4) is 0 Å². The van der Waals surface area contributed by atoms with Gasteiger partial charge in [-0.3, -0.25) is 4.90 Å². The van der Waals surface area contributed by atoms with Gasteiger partial charge in [-0.25, -0.2) is 8.42 Å². The van der Waals surface area contributed by atoms with Gasteiger partial charge in [0.05, 0.1) is 17.3 Å². The summed E-state index contributed by atoms with van der Waals surface area (Å²) in [7, 11) is -1.76. The van der Waals surface area contributed by atoms with Crippen LogP contribution in [0.2, 0.25) is 0 Å². The standard InChI is InChI=1S/C27H34N2O3S/c1-20(2)33(30,31)23-14-16-27(32-3)24(18-23)25-15-13-22(28-25)19-29-17-9-5-8-12-26(29)21-10-6-4-7-11-21/h4,6-7,10-11,13-16,18,20,26,28H,5,8-9,12,17,19H2,1-3H3/t26-/m1/s1. The molecule has 0 bridgehead atoms. The Morgan fingerprint density at radius 2 is 1.82 bits per heavy atom. The van der Waals surface area contributed by atoms with E-state index in [2.05, 4.69) is 46.3 Å². The van der Waals surface area contributed by atoms with Crippen LogP contribution < -0.4 is 4.74 Å². The Kier molecular flexibility index (Phi) is 7.25. The van der Waals surface area contributed by atoms with E-state index in [1.54, 1.807) is 39.2 Å². The molecule has 0 radical (unpaired) electrons. The van der Waals surface area contributed by atoms with Gasteiger partial charge in [-0.05, 0) is 69.1 Å². The number of methoxy groups -OCH3 is 1. The third-order valence-corrected chi connectivity index (χ3v) is 8.73. The first-order chi connectivity index (χ1) is 15.9. The van der Waals surface area contributed by atoms with E-state index in [1.807, 2.05) is 6.07 Å². The molecule has 0 aliphatic carbocycles. The summed E-state index contributed by atoms with van der Waals surface area (Å²) in [5.74, 6) is 0.656. The monoisotopic (exact) mass is 466 g/mol. The van der Waals surface area contributed by atoms with Crippen molar-refractivity contribution in [2.45, 2.75) is 62.3 Å². The minimum Gasteiger partial charge on any atom is -0.496 e. The minimum atomic E-state index is -3.37. The minimum absolute atomic E-state index is 0.320. The smallest absolute Gasteiger partial charge is 0.180 e. The molecule has 176 valence electrons. The van der Waals surface area contributed by atoms with Crippen molar-refractivity contribution in [3.05, 3.63) is 71.9 Å². The van der Waals surface area contributed by atoms with E-state index in [1.165, 1.54) is 31.2 Å². The molecular weight excluding hydrogens is 432 g/mol. The van der Waals surface area contributed by atoms with Gasteiger partial charge in [0.15, 0.2) is 9.84 Å². The van der Waals surface area contributed by atoms with E-state index in [9.17, 15) is 8.42 Å². The molecule has 0 saturated carbocycles. The average Bonchev–Trinajstić information content (AvgIpc) is 3.16. The normalized spacial score (nSPS) is 17.8. The highest BCUT2D eigenvalue weighted by molar-refractivity contribution is 7.92. The van der Waals surface area contributed by atoms with Crippen molar-refractivity contribution in [3.63, 3.8) is 0 Å². The number of H-pyrrole nitrogens is 1. The lowest BCUT2D eigenvalue weighted by Gasteiger charge is -2.30. The van der Waals surface area contributed by atoms with Crippen molar-refractivity contribution in [3.8, 4) is 17.0 Å². The van der Waals surface area contributed by atoms with Crippen LogP contribution >= 0.6 is 0 Å². The number of hydrogen-bond acceptors (Lipinski definition) is 4. The first-order valence-electron chi connectivity index (χ1n) is 11.8.